The van der Waals surface area contributed by atoms with Crippen LogP contribution < -0.4 is 0 Å². The van der Waals surface area contributed by atoms with Gasteiger partial charge in [-0.25, -0.2) is 0 Å². The van der Waals surface area contributed by atoms with Crippen molar-refractivity contribution < 1.29 is 4.79 Å². The number of rotatable bonds is 6. The molecular formula is C17H24N2OS. The first kappa shape index (κ1) is 16.0. The first-order chi connectivity index (χ1) is 10.0. The zero-order valence-electron chi connectivity index (χ0n) is 13.3. The van der Waals surface area contributed by atoms with Crippen LogP contribution in [-0.2, 0) is 11.2 Å². The van der Waals surface area contributed by atoms with Gasteiger partial charge in [0.25, 0.3) is 0 Å². The summed E-state index contributed by atoms with van der Waals surface area (Å²) in [7, 11) is 4.07. The molecular weight excluding hydrogens is 280 g/mol. The van der Waals surface area contributed by atoms with E-state index in [0.29, 0.717) is 6.42 Å². The molecule has 2 aromatic rings. The zero-order chi connectivity index (χ0) is 15.4. The quantitative estimate of drug-likeness (QED) is 0.818. The van der Waals surface area contributed by atoms with Gasteiger partial charge in [0.15, 0.2) is 0 Å². The van der Waals surface area contributed by atoms with Crippen LogP contribution in [0.15, 0.2) is 23.6 Å². The predicted molar refractivity (Wildman–Crippen MR) is 91.1 cm³/mol. The van der Waals surface area contributed by atoms with Crippen LogP contribution in [0.3, 0.4) is 0 Å². The highest BCUT2D eigenvalue weighted by Gasteiger charge is 2.15. The molecule has 0 unspecified atom stereocenters. The Morgan fingerprint density at radius 2 is 2.00 bits per heavy atom. The molecule has 1 aromatic heterocycles. The number of hydrogen-bond donors (Lipinski definition) is 0. The molecule has 0 aliphatic carbocycles. The van der Waals surface area contributed by atoms with Crippen LogP contribution in [0, 0.1) is 6.92 Å². The lowest BCUT2D eigenvalue weighted by atomic mass is 10.1. The van der Waals surface area contributed by atoms with Crippen molar-refractivity contribution in [3.05, 3.63) is 34.7 Å². The lowest BCUT2D eigenvalue weighted by molar-refractivity contribution is -0.130. The van der Waals surface area contributed by atoms with E-state index in [-0.39, 0.29) is 5.91 Å². The Labute approximate surface area is 131 Å². The molecule has 3 nitrogen and oxygen atoms in total. The van der Waals surface area contributed by atoms with E-state index in [9.17, 15) is 4.79 Å². The van der Waals surface area contributed by atoms with Crippen LogP contribution in [0.1, 0.15) is 18.1 Å². The number of hydrogen-bond acceptors (Lipinski definition) is 3. The van der Waals surface area contributed by atoms with Gasteiger partial charge in [0.2, 0.25) is 5.91 Å². The number of carbonyl (C=O) groups is 1. The highest BCUT2D eigenvalue weighted by Crippen LogP contribution is 2.27. The number of benzene rings is 1. The number of aryl methyl sites for hydroxylation is 1. The average Bonchev–Trinajstić information content (AvgIpc) is 2.81. The van der Waals surface area contributed by atoms with Crippen molar-refractivity contribution in [2.75, 3.05) is 33.7 Å². The number of likely N-dealkylation sites (N-methyl/N-ethyl adjacent to an activating group) is 2. The summed E-state index contributed by atoms with van der Waals surface area (Å²) in [5, 5.41) is 3.36. The molecule has 0 bridgehead atoms. The van der Waals surface area contributed by atoms with Gasteiger partial charge in [-0.3, -0.25) is 4.79 Å². The van der Waals surface area contributed by atoms with Gasteiger partial charge in [0, 0.05) is 24.3 Å². The summed E-state index contributed by atoms with van der Waals surface area (Å²) < 4.78 is 1.26. The van der Waals surface area contributed by atoms with Gasteiger partial charge in [-0.1, -0.05) is 17.7 Å². The van der Waals surface area contributed by atoms with E-state index in [4.69, 9.17) is 0 Å². The van der Waals surface area contributed by atoms with E-state index in [1.54, 1.807) is 11.3 Å². The molecule has 0 saturated carbocycles. The van der Waals surface area contributed by atoms with Crippen LogP contribution >= 0.6 is 11.3 Å². The van der Waals surface area contributed by atoms with Crippen LogP contribution in [0.25, 0.3) is 10.1 Å². The Bertz CT molecular complexity index is 618. The second-order valence-corrected chi connectivity index (χ2v) is 6.63. The molecule has 1 heterocycles. The highest BCUT2D eigenvalue weighted by molar-refractivity contribution is 7.17. The molecule has 0 saturated heterocycles. The molecule has 0 N–H and O–H groups in total. The summed E-state index contributed by atoms with van der Waals surface area (Å²) in [6.07, 6.45) is 0.505. The fourth-order valence-electron chi connectivity index (χ4n) is 2.39. The predicted octanol–water partition coefficient (Wildman–Crippen LogP) is 3.16. The van der Waals surface area contributed by atoms with E-state index in [1.165, 1.54) is 15.6 Å². The van der Waals surface area contributed by atoms with Crippen molar-refractivity contribution in [3.8, 4) is 0 Å². The van der Waals surface area contributed by atoms with Crippen LogP contribution in [0.5, 0.6) is 0 Å². The minimum Gasteiger partial charge on any atom is -0.341 e. The molecule has 0 aliphatic rings. The van der Waals surface area contributed by atoms with Crippen molar-refractivity contribution in [3.63, 3.8) is 0 Å². The van der Waals surface area contributed by atoms with E-state index in [0.717, 1.165) is 25.2 Å². The van der Waals surface area contributed by atoms with Crippen molar-refractivity contribution in [1.82, 2.24) is 9.80 Å². The van der Waals surface area contributed by atoms with E-state index in [1.807, 2.05) is 25.9 Å². The zero-order valence-corrected chi connectivity index (χ0v) is 14.2. The number of fused-ring (bicyclic) bond motifs is 1. The fraction of sp³-hybridized carbons (Fsp3) is 0.471. The largest absolute Gasteiger partial charge is 0.341 e. The van der Waals surface area contributed by atoms with E-state index < -0.39 is 0 Å². The van der Waals surface area contributed by atoms with Crippen LogP contribution in [0.2, 0.25) is 0 Å². The summed E-state index contributed by atoms with van der Waals surface area (Å²) in [4.78, 5) is 16.5. The van der Waals surface area contributed by atoms with Gasteiger partial charge in [0.1, 0.15) is 0 Å². The molecule has 0 radical (unpaired) electrons. The second kappa shape index (κ2) is 7.05. The molecule has 4 heteroatoms. The summed E-state index contributed by atoms with van der Waals surface area (Å²) in [6, 6.07) is 6.46. The monoisotopic (exact) mass is 304 g/mol. The molecule has 2 rings (SSSR count). The number of thiophene rings is 1. The Hall–Kier alpha value is -1.39. The highest BCUT2D eigenvalue weighted by atomic mass is 32.1. The second-order valence-electron chi connectivity index (χ2n) is 5.71. The molecule has 0 spiro atoms. The third kappa shape index (κ3) is 4.05. The number of nitrogens with zero attached hydrogens (tertiary/aromatic N) is 2. The van der Waals surface area contributed by atoms with Crippen molar-refractivity contribution in [2.45, 2.75) is 20.3 Å². The minimum absolute atomic E-state index is 0.223. The number of amides is 1. The SMILES string of the molecule is CCN(CCN(C)C)C(=O)Cc1csc2ccc(C)cc12. The van der Waals surface area contributed by atoms with E-state index in [2.05, 4.69) is 35.4 Å². The maximum atomic E-state index is 12.5. The lowest BCUT2D eigenvalue weighted by Crippen LogP contribution is -2.37. The first-order valence-corrected chi connectivity index (χ1v) is 8.28. The molecule has 114 valence electrons. The molecule has 0 aliphatic heterocycles. The Morgan fingerprint density at radius 3 is 2.67 bits per heavy atom. The van der Waals surface area contributed by atoms with Crippen molar-refractivity contribution in [1.29, 1.82) is 0 Å². The van der Waals surface area contributed by atoms with Gasteiger partial charge in [-0.15, -0.1) is 11.3 Å². The van der Waals surface area contributed by atoms with Gasteiger partial charge >= 0.3 is 0 Å². The molecule has 21 heavy (non-hydrogen) atoms. The molecule has 1 amide bonds. The molecule has 1 aromatic carbocycles. The third-order valence-electron chi connectivity index (χ3n) is 3.70. The van der Waals surface area contributed by atoms with E-state index >= 15 is 0 Å². The lowest BCUT2D eigenvalue weighted by Gasteiger charge is -2.22. The Morgan fingerprint density at radius 1 is 1.24 bits per heavy atom. The minimum atomic E-state index is 0.223. The Kier molecular flexibility index (Phi) is 5.37. The number of carbonyl (C=O) groups excluding carboxylic acids is 1. The van der Waals surface area contributed by atoms with Gasteiger partial charge in [-0.05, 0) is 50.3 Å². The fourth-order valence-corrected chi connectivity index (χ4v) is 3.33. The average molecular weight is 304 g/mol. The molecule has 0 fully saturated rings. The van der Waals surface area contributed by atoms with Crippen LogP contribution in [-0.4, -0.2) is 49.4 Å². The summed E-state index contributed by atoms with van der Waals surface area (Å²) in [5.41, 5.74) is 2.40. The van der Waals surface area contributed by atoms with Gasteiger partial charge in [0.05, 0.1) is 6.42 Å². The smallest absolute Gasteiger partial charge is 0.227 e. The standard InChI is InChI=1S/C17H24N2OS/c1-5-19(9-8-18(3)4)17(20)11-14-12-21-16-7-6-13(2)10-15(14)16/h6-7,10,12H,5,8-9,11H2,1-4H3. The van der Waals surface area contributed by atoms with Crippen molar-refractivity contribution in [2.24, 2.45) is 0 Å². The van der Waals surface area contributed by atoms with Gasteiger partial charge in [-0.2, -0.15) is 0 Å². The topological polar surface area (TPSA) is 23.6 Å². The molecule has 0 atom stereocenters. The van der Waals surface area contributed by atoms with Crippen LogP contribution in [0.4, 0.5) is 0 Å². The van der Waals surface area contributed by atoms with Crippen molar-refractivity contribution >= 4 is 27.3 Å². The summed E-state index contributed by atoms with van der Waals surface area (Å²) >= 11 is 1.72. The third-order valence-corrected chi connectivity index (χ3v) is 4.71. The normalized spacial score (nSPS) is 11.3. The first-order valence-electron chi connectivity index (χ1n) is 7.40. The maximum Gasteiger partial charge on any atom is 0.227 e. The Balaban J connectivity index is 2.11. The summed E-state index contributed by atoms with van der Waals surface area (Å²) in [5.74, 6) is 0.223. The summed E-state index contributed by atoms with van der Waals surface area (Å²) in [6.45, 7) is 6.61. The maximum absolute atomic E-state index is 12.5. The van der Waals surface area contributed by atoms with Gasteiger partial charge < -0.3 is 9.80 Å².